The van der Waals surface area contributed by atoms with Crippen molar-refractivity contribution in [1.82, 2.24) is 19.1 Å². The number of imidazole rings is 1. The number of hydrogen-bond donors (Lipinski definition) is 0. The number of hydrogen-bond acceptors (Lipinski definition) is 5. The van der Waals surface area contributed by atoms with Crippen LogP contribution in [0, 0.1) is 0 Å². The van der Waals surface area contributed by atoms with Crippen LogP contribution in [0.5, 0.6) is 0 Å². The van der Waals surface area contributed by atoms with Gasteiger partial charge in [0, 0.05) is 13.5 Å². The summed E-state index contributed by atoms with van der Waals surface area (Å²) in [6.45, 7) is -3.18. The van der Waals surface area contributed by atoms with E-state index in [0.29, 0.717) is 22.2 Å². The molecule has 0 saturated carbocycles. The van der Waals surface area contributed by atoms with E-state index in [-0.39, 0.29) is 36.3 Å². The molecule has 4 rings (SSSR count). The molecule has 0 spiro atoms. The van der Waals surface area contributed by atoms with Gasteiger partial charge in [0.25, 0.3) is 5.56 Å². The molecule has 2 aromatic heterocycles. The Labute approximate surface area is 169 Å². The van der Waals surface area contributed by atoms with E-state index in [0.717, 1.165) is 4.57 Å². The Morgan fingerprint density at radius 1 is 1.03 bits per heavy atom. The van der Waals surface area contributed by atoms with Gasteiger partial charge in [0.2, 0.25) is 0 Å². The minimum atomic E-state index is -2.80. The van der Waals surface area contributed by atoms with Crippen LogP contribution in [-0.2, 0) is 29.6 Å². The Balaban J connectivity index is 1.46. The third-order valence-electron chi connectivity index (χ3n) is 4.89. The lowest BCUT2D eigenvalue weighted by atomic mass is 10.2. The molecule has 0 atom stereocenters. The van der Waals surface area contributed by atoms with E-state index in [4.69, 9.17) is 4.74 Å². The number of benzene rings is 2. The van der Waals surface area contributed by atoms with Crippen molar-refractivity contribution in [2.75, 3.05) is 0 Å². The molecule has 2 heterocycles. The van der Waals surface area contributed by atoms with Gasteiger partial charge in [-0.2, -0.15) is 13.8 Å². The Morgan fingerprint density at radius 3 is 2.50 bits per heavy atom. The number of aryl methyl sites for hydroxylation is 2. The highest BCUT2D eigenvalue weighted by atomic mass is 19.3. The molecular formula is C21H18F2N4O3. The first-order valence-electron chi connectivity index (χ1n) is 9.30. The average molecular weight is 412 g/mol. The molecule has 9 heteroatoms. The molecule has 0 fully saturated rings. The Morgan fingerprint density at radius 2 is 1.73 bits per heavy atom. The van der Waals surface area contributed by atoms with Crippen LogP contribution in [-0.4, -0.2) is 25.1 Å². The smallest absolute Gasteiger partial charge is 0.320 e. The fraction of sp³-hybridized carbons (Fsp3) is 0.238. The van der Waals surface area contributed by atoms with E-state index in [1.54, 1.807) is 48.0 Å². The maximum absolute atomic E-state index is 13.4. The van der Waals surface area contributed by atoms with E-state index in [2.05, 4.69) is 9.97 Å². The quantitative estimate of drug-likeness (QED) is 0.454. The van der Waals surface area contributed by atoms with Crippen molar-refractivity contribution in [2.45, 2.75) is 26.0 Å². The monoisotopic (exact) mass is 412 g/mol. The van der Waals surface area contributed by atoms with Gasteiger partial charge in [-0.25, -0.2) is 4.98 Å². The van der Waals surface area contributed by atoms with E-state index in [1.807, 2.05) is 6.07 Å². The van der Waals surface area contributed by atoms with Crippen LogP contribution in [0.2, 0.25) is 0 Å². The first kappa shape index (κ1) is 19.7. The zero-order valence-electron chi connectivity index (χ0n) is 16.1. The minimum Gasteiger partial charge on any atom is -0.457 e. The molecule has 2 aromatic carbocycles. The highest BCUT2D eigenvalue weighted by molar-refractivity contribution is 5.78. The summed E-state index contributed by atoms with van der Waals surface area (Å²) >= 11 is 0. The van der Waals surface area contributed by atoms with Crippen molar-refractivity contribution in [3.63, 3.8) is 0 Å². The summed E-state index contributed by atoms with van der Waals surface area (Å²) in [5.41, 5.74) is 1.03. The van der Waals surface area contributed by atoms with Crippen LogP contribution >= 0.6 is 0 Å². The lowest BCUT2D eigenvalue weighted by Crippen LogP contribution is -2.18. The van der Waals surface area contributed by atoms with Crippen LogP contribution in [0.25, 0.3) is 21.9 Å². The summed E-state index contributed by atoms with van der Waals surface area (Å²) in [5.74, 6) is -0.184. The zero-order chi connectivity index (χ0) is 21.3. The van der Waals surface area contributed by atoms with Crippen LogP contribution in [0.1, 0.15) is 24.6 Å². The molecule has 7 nitrogen and oxygen atoms in total. The summed E-state index contributed by atoms with van der Waals surface area (Å²) in [6.07, 6.45) is 0.133. The fourth-order valence-corrected chi connectivity index (χ4v) is 3.41. The topological polar surface area (TPSA) is 79.0 Å². The fourth-order valence-electron chi connectivity index (χ4n) is 3.41. The third kappa shape index (κ3) is 3.66. The summed E-state index contributed by atoms with van der Waals surface area (Å²) in [6, 6.07) is 13.6. The summed E-state index contributed by atoms with van der Waals surface area (Å²) in [5, 5.41) is 0.497. The van der Waals surface area contributed by atoms with Gasteiger partial charge in [0.1, 0.15) is 12.4 Å². The first-order valence-corrected chi connectivity index (χ1v) is 9.30. The first-order chi connectivity index (χ1) is 14.5. The van der Waals surface area contributed by atoms with Crippen molar-refractivity contribution in [1.29, 1.82) is 0 Å². The summed E-state index contributed by atoms with van der Waals surface area (Å²) in [4.78, 5) is 32.5. The number of carbonyl (C=O) groups excluding carboxylic acids is 1. The number of rotatable bonds is 6. The number of alkyl halides is 2. The maximum Gasteiger partial charge on any atom is 0.320 e. The number of halogens is 2. The van der Waals surface area contributed by atoms with Gasteiger partial charge < -0.3 is 9.30 Å². The Kier molecular flexibility index (Phi) is 5.26. The van der Waals surface area contributed by atoms with Crippen LogP contribution in [0.4, 0.5) is 8.78 Å². The number of ether oxygens (including phenoxy) is 1. The van der Waals surface area contributed by atoms with Crippen molar-refractivity contribution in [2.24, 2.45) is 7.05 Å². The second-order valence-electron chi connectivity index (χ2n) is 6.73. The molecule has 0 aliphatic carbocycles. The van der Waals surface area contributed by atoms with E-state index in [1.165, 1.54) is 6.07 Å². The third-order valence-corrected chi connectivity index (χ3v) is 4.89. The molecule has 0 saturated heterocycles. The van der Waals surface area contributed by atoms with Crippen LogP contribution in [0.15, 0.2) is 53.3 Å². The number of nitrogens with zero attached hydrogens (tertiary/aromatic N) is 4. The van der Waals surface area contributed by atoms with Gasteiger partial charge in [0.05, 0.1) is 28.4 Å². The number of carbonyl (C=O) groups is 1. The Hall–Kier alpha value is -3.62. The molecule has 0 amide bonds. The minimum absolute atomic E-state index is 0.0317. The van der Waals surface area contributed by atoms with Gasteiger partial charge >= 0.3 is 12.5 Å². The Bertz CT molecular complexity index is 1300. The molecule has 0 bridgehead atoms. The van der Waals surface area contributed by atoms with Gasteiger partial charge in [-0.3, -0.25) is 14.2 Å². The average Bonchev–Trinajstić information content (AvgIpc) is 3.12. The van der Waals surface area contributed by atoms with Crippen LogP contribution < -0.4 is 5.56 Å². The summed E-state index contributed by atoms with van der Waals surface area (Å²) < 4.78 is 34.5. The lowest BCUT2D eigenvalue weighted by molar-refractivity contribution is -0.145. The molecule has 0 aliphatic rings. The standard InChI is InChI=1S/C21H18F2N4O3/c1-26-15-8-4-2-6-13(15)20(29)25-17(26)10-11-19(28)30-12-18-24-14-7-3-5-9-16(14)27(18)21(22)23/h2-9,21H,10-12H2,1H3. The SMILES string of the molecule is Cn1c(CCC(=O)OCc2nc3ccccc3n2C(F)F)nc(=O)c2ccccc21. The second-order valence-corrected chi connectivity index (χ2v) is 6.73. The molecule has 0 aliphatic heterocycles. The number of aromatic nitrogens is 4. The molecule has 4 aromatic rings. The molecule has 0 unspecified atom stereocenters. The number of fused-ring (bicyclic) bond motifs is 2. The van der Waals surface area contributed by atoms with Crippen LogP contribution in [0.3, 0.4) is 0 Å². The molecule has 0 N–H and O–H groups in total. The van der Waals surface area contributed by atoms with Crippen molar-refractivity contribution < 1.29 is 18.3 Å². The predicted octanol–water partition coefficient (Wildman–Crippen LogP) is 3.35. The second kappa shape index (κ2) is 8.02. The van der Waals surface area contributed by atoms with Gasteiger partial charge in [-0.15, -0.1) is 0 Å². The normalized spacial score (nSPS) is 11.5. The summed E-state index contributed by atoms with van der Waals surface area (Å²) in [7, 11) is 1.76. The van der Waals surface area contributed by atoms with E-state index >= 15 is 0 Å². The van der Waals surface area contributed by atoms with E-state index in [9.17, 15) is 18.4 Å². The van der Waals surface area contributed by atoms with E-state index < -0.39 is 12.5 Å². The zero-order valence-corrected chi connectivity index (χ0v) is 16.1. The largest absolute Gasteiger partial charge is 0.457 e. The van der Waals surface area contributed by atoms with Gasteiger partial charge in [0.15, 0.2) is 5.82 Å². The van der Waals surface area contributed by atoms with Crippen molar-refractivity contribution in [3.05, 3.63) is 70.5 Å². The highest BCUT2D eigenvalue weighted by Gasteiger charge is 2.19. The molecule has 154 valence electrons. The molecule has 0 radical (unpaired) electrons. The number of para-hydroxylation sites is 3. The predicted molar refractivity (Wildman–Crippen MR) is 106 cm³/mol. The maximum atomic E-state index is 13.4. The number of esters is 1. The van der Waals surface area contributed by atoms with Gasteiger partial charge in [-0.1, -0.05) is 24.3 Å². The highest BCUT2D eigenvalue weighted by Crippen LogP contribution is 2.23. The van der Waals surface area contributed by atoms with Crippen molar-refractivity contribution >= 4 is 27.9 Å². The van der Waals surface area contributed by atoms with Gasteiger partial charge in [-0.05, 0) is 24.3 Å². The lowest BCUT2D eigenvalue weighted by Gasteiger charge is -2.11. The molecular weight excluding hydrogens is 394 g/mol. The van der Waals surface area contributed by atoms with Crippen molar-refractivity contribution in [3.8, 4) is 0 Å². The molecule has 30 heavy (non-hydrogen) atoms.